The molecule has 0 spiro atoms. The van der Waals surface area contributed by atoms with Crippen LogP contribution >= 0.6 is 0 Å². The molecular formula is C9H8F2. The Hall–Kier alpha value is -1.18. The lowest BCUT2D eigenvalue weighted by atomic mass is 10.1. The van der Waals surface area contributed by atoms with Gasteiger partial charge in [-0.05, 0) is 24.6 Å². The summed E-state index contributed by atoms with van der Waals surface area (Å²) in [5.74, 6) is -1.13. The van der Waals surface area contributed by atoms with Crippen molar-refractivity contribution in [3.05, 3.63) is 42.0 Å². The number of rotatable bonds is 1. The van der Waals surface area contributed by atoms with Gasteiger partial charge in [-0.3, -0.25) is 0 Å². The van der Waals surface area contributed by atoms with Crippen LogP contribution in [0.5, 0.6) is 0 Å². The minimum absolute atomic E-state index is 0.502. The first-order valence-electron chi connectivity index (χ1n) is 3.21. The normalized spacial score (nSPS) is 9.73. The Bertz CT molecular complexity index is 269. The topological polar surface area (TPSA) is 0 Å². The van der Waals surface area contributed by atoms with Crippen molar-refractivity contribution >= 4 is 5.57 Å². The Labute approximate surface area is 64.2 Å². The molecule has 0 aromatic heterocycles. The monoisotopic (exact) mass is 154 g/mol. The molecule has 2 heteroatoms. The molecule has 0 aliphatic rings. The summed E-state index contributed by atoms with van der Waals surface area (Å²) in [6, 6.07) is 3.35. The van der Waals surface area contributed by atoms with E-state index >= 15 is 0 Å². The Morgan fingerprint density at radius 3 is 2.00 bits per heavy atom. The fourth-order valence-electron chi connectivity index (χ4n) is 0.800. The highest BCUT2D eigenvalue weighted by Crippen LogP contribution is 2.14. The summed E-state index contributed by atoms with van der Waals surface area (Å²) in [5, 5.41) is 0. The fourth-order valence-corrected chi connectivity index (χ4v) is 0.800. The van der Waals surface area contributed by atoms with Crippen LogP contribution in [0.25, 0.3) is 5.57 Å². The minimum atomic E-state index is -0.567. The second kappa shape index (κ2) is 2.82. The predicted octanol–water partition coefficient (Wildman–Crippen LogP) is 3.00. The zero-order chi connectivity index (χ0) is 8.43. The second-order valence-electron chi connectivity index (χ2n) is 2.44. The molecule has 1 aromatic carbocycles. The lowest BCUT2D eigenvalue weighted by molar-refractivity contribution is 0.582. The van der Waals surface area contributed by atoms with Gasteiger partial charge in [0.05, 0.1) is 0 Å². The van der Waals surface area contributed by atoms with Crippen LogP contribution in [-0.2, 0) is 0 Å². The van der Waals surface area contributed by atoms with Gasteiger partial charge in [-0.2, -0.15) is 0 Å². The van der Waals surface area contributed by atoms with E-state index in [9.17, 15) is 8.78 Å². The van der Waals surface area contributed by atoms with Gasteiger partial charge < -0.3 is 0 Å². The molecule has 0 aliphatic heterocycles. The second-order valence-corrected chi connectivity index (χ2v) is 2.44. The Morgan fingerprint density at radius 2 is 1.64 bits per heavy atom. The van der Waals surface area contributed by atoms with Crippen molar-refractivity contribution in [3.8, 4) is 0 Å². The van der Waals surface area contributed by atoms with E-state index in [1.54, 1.807) is 6.92 Å². The van der Waals surface area contributed by atoms with E-state index in [0.717, 1.165) is 6.07 Å². The molecule has 1 rings (SSSR count). The zero-order valence-corrected chi connectivity index (χ0v) is 6.20. The average molecular weight is 154 g/mol. The molecule has 0 atom stereocenters. The lowest BCUT2D eigenvalue weighted by Crippen LogP contribution is -1.84. The summed E-state index contributed by atoms with van der Waals surface area (Å²) in [6.07, 6.45) is 0. The molecule has 0 unspecified atom stereocenters. The number of halogens is 2. The number of hydrogen-bond acceptors (Lipinski definition) is 0. The highest BCUT2D eigenvalue weighted by molar-refractivity contribution is 5.61. The highest BCUT2D eigenvalue weighted by Gasteiger charge is 1.99. The fraction of sp³-hybridized carbons (Fsp3) is 0.111. The van der Waals surface area contributed by atoms with E-state index in [4.69, 9.17) is 0 Å². The van der Waals surface area contributed by atoms with Crippen molar-refractivity contribution in [1.82, 2.24) is 0 Å². The molecule has 0 N–H and O–H groups in total. The Kier molecular flexibility index (Phi) is 2.03. The molecule has 11 heavy (non-hydrogen) atoms. The molecular weight excluding hydrogens is 146 g/mol. The summed E-state index contributed by atoms with van der Waals surface area (Å²) in [5.41, 5.74) is 1.16. The van der Waals surface area contributed by atoms with Gasteiger partial charge >= 0.3 is 0 Å². The van der Waals surface area contributed by atoms with Crippen molar-refractivity contribution < 1.29 is 8.78 Å². The van der Waals surface area contributed by atoms with E-state index in [-0.39, 0.29) is 0 Å². The van der Waals surface area contributed by atoms with Gasteiger partial charge in [0.2, 0.25) is 0 Å². The standard InChI is InChI=1S/C9H8F2/c1-6(2)7-3-8(10)5-9(11)4-7/h3-5H,1H2,2H3. The molecule has 0 saturated heterocycles. The maximum atomic E-state index is 12.5. The number of allylic oxidation sites excluding steroid dienone is 1. The maximum absolute atomic E-state index is 12.5. The third-order valence-electron chi connectivity index (χ3n) is 1.36. The van der Waals surface area contributed by atoms with Crippen LogP contribution in [0.2, 0.25) is 0 Å². The Morgan fingerprint density at radius 1 is 1.18 bits per heavy atom. The summed E-state index contributed by atoms with van der Waals surface area (Å²) >= 11 is 0. The smallest absolute Gasteiger partial charge is 0.126 e. The van der Waals surface area contributed by atoms with Crippen molar-refractivity contribution in [2.24, 2.45) is 0 Å². The molecule has 0 heterocycles. The molecule has 58 valence electrons. The van der Waals surface area contributed by atoms with Crippen LogP contribution in [-0.4, -0.2) is 0 Å². The van der Waals surface area contributed by atoms with Crippen molar-refractivity contribution in [2.75, 3.05) is 0 Å². The molecule has 0 bridgehead atoms. The largest absolute Gasteiger partial charge is 0.207 e. The first kappa shape index (κ1) is 7.92. The highest BCUT2D eigenvalue weighted by atomic mass is 19.1. The summed E-state index contributed by atoms with van der Waals surface area (Å²) < 4.78 is 25.0. The summed E-state index contributed by atoms with van der Waals surface area (Å²) in [6.45, 7) is 5.28. The summed E-state index contributed by atoms with van der Waals surface area (Å²) in [4.78, 5) is 0. The van der Waals surface area contributed by atoms with Gasteiger partial charge in [0.15, 0.2) is 0 Å². The van der Waals surface area contributed by atoms with Gasteiger partial charge in [0.1, 0.15) is 11.6 Å². The van der Waals surface area contributed by atoms with Crippen molar-refractivity contribution in [1.29, 1.82) is 0 Å². The third kappa shape index (κ3) is 1.87. The molecule has 0 fully saturated rings. The average Bonchev–Trinajstić information content (AvgIpc) is 1.85. The number of benzene rings is 1. The van der Waals surface area contributed by atoms with Crippen LogP contribution < -0.4 is 0 Å². The van der Waals surface area contributed by atoms with Gasteiger partial charge in [-0.25, -0.2) is 8.78 Å². The molecule has 0 radical (unpaired) electrons. The maximum Gasteiger partial charge on any atom is 0.126 e. The first-order valence-corrected chi connectivity index (χ1v) is 3.21. The molecule has 1 aromatic rings. The van der Waals surface area contributed by atoms with Crippen molar-refractivity contribution in [2.45, 2.75) is 6.92 Å². The van der Waals surface area contributed by atoms with Crippen LogP contribution in [0, 0.1) is 11.6 Å². The number of hydrogen-bond donors (Lipinski definition) is 0. The lowest BCUT2D eigenvalue weighted by Gasteiger charge is -1.98. The van der Waals surface area contributed by atoms with E-state index in [2.05, 4.69) is 6.58 Å². The summed E-state index contributed by atoms with van der Waals surface area (Å²) in [7, 11) is 0. The van der Waals surface area contributed by atoms with E-state index in [1.807, 2.05) is 0 Å². The van der Waals surface area contributed by atoms with Gasteiger partial charge in [-0.1, -0.05) is 12.2 Å². The van der Waals surface area contributed by atoms with Crippen molar-refractivity contribution in [3.63, 3.8) is 0 Å². The van der Waals surface area contributed by atoms with Crippen LogP contribution in [0.15, 0.2) is 24.8 Å². The van der Waals surface area contributed by atoms with Gasteiger partial charge in [0.25, 0.3) is 0 Å². The quantitative estimate of drug-likeness (QED) is 0.583. The third-order valence-corrected chi connectivity index (χ3v) is 1.36. The first-order chi connectivity index (χ1) is 5.09. The molecule has 0 nitrogen and oxygen atoms in total. The zero-order valence-electron chi connectivity index (χ0n) is 6.20. The van der Waals surface area contributed by atoms with Crippen LogP contribution in [0.3, 0.4) is 0 Å². The van der Waals surface area contributed by atoms with E-state index in [1.165, 1.54) is 12.1 Å². The predicted molar refractivity (Wildman–Crippen MR) is 41.1 cm³/mol. The van der Waals surface area contributed by atoms with Gasteiger partial charge in [-0.15, -0.1) is 0 Å². The molecule has 0 aliphatic carbocycles. The van der Waals surface area contributed by atoms with Crippen LogP contribution in [0.4, 0.5) is 8.78 Å². The van der Waals surface area contributed by atoms with E-state index in [0.29, 0.717) is 11.1 Å². The molecule has 0 saturated carbocycles. The Balaban J connectivity index is 3.19. The minimum Gasteiger partial charge on any atom is -0.207 e. The van der Waals surface area contributed by atoms with E-state index < -0.39 is 11.6 Å². The van der Waals surface area contributed by atoms with Gasteiger partial charge in [0, 0.05) is 6.07 Å². The SMILES string of the molecule is C=C(C)c1cc(F)cc(F)c1. The van der Waals surface area contributed by atoms with Crippen LogP contribution in [0.1, 0.15) is 12.5 Å². The molecule has 0 amide bonds.